The molecule has 7 nitrogen and oxygen atoms in total. The molecule has 0 spiro atoms. The topological polar surface area (TPSA) is 67.4 Å². The molecule has 0 saturated carbocycles. The van der Waals surface area contributed by atoms with Crippen molar-refractivity contribution in [2.45, 2.75) is 0 Å². The fourth-order valence-corrected chi connectivity index (χ4v) is 1.40. The van der Waals surface area contributed by atoms with Gasteiger partial charge in [0.1, 0.15) is 6.61 Å². The van der Waals surface area contributed by atoms with E-state index in [9.17, 15) is 0 Å². The Morgan fingerprint density at radius 1 is 0.609 bits per heavy atom. The van der Waals surface area contributed by atoms with Gasteiger partial charge in [-0.2, -0.15) is 0 Å². The molecule has 0 unspecified atom stereocenters. The normalized spacial score (nSPS) is 10.8. The predicted octanol–water partition coefficient (Wildman–Crippen LogP) is -0.0614. The lowest BCUT2D eigenvalue weighted by molar-refractivity contribution is -0.0153. The summed E-state index contributed by atoms with van der Waals surface area (Å²) in [6.45, 7) is 7.41. The van der Waals surface area contributed by atoms with E-state index in [0.29, 0.717) is 79.3 Å². The molecular weight excluding hydrogens is 302 g/mol. The monoisotopic (exact) mass is 333 g/mol. The van der Waals surface area contributed by atoms with E-state index in [-0.39, 0.29) is 0 Å². The summed E-state index contributed by atoms with van der Waals surface area (Å²) < 4.78 is 31.8. The smallest absolute Gasteiger partial charge is 0.107 e. The fraction of sp³-hybridized carbons (Fsp3) is 0.875. The van der Waals surface area contributed by atoms with E-state index in [2.05, 4.69) is 11.2 Å². The number of likely N-dealkylation sites (N-methyl/N-ethyl adjacent to an activating group) is 1. The molecule has 0 radical (unpaired) electrons. The van der Waals surface area contributed by atoms with Gasteiger partial charge in [-0.25, -0.2) is 0 Å². The molecule has 0 heterocycles. The first kappa shape index (κ1) is 22.3. The zero-order chi connectivity index (χ0) is 16.8. The summed E-state index contributed by atoms with van der Waals surface area (Å²) in [7, 11) is 1.89. The van der Waals surface area contributed by atoms with E-state index in [1.54, 1.807) is 0 Å². The summed E-state index contributed by atoms with van der Waals surface area (Å²) in [6.07, 6.45) is 5.04. The minimum Gasteiger partial charge on any atom is -0.378 e. The molecule has 0 aliphatic carbocycles. The van der Waals surface area contributed by atoms with Gasteiger partial charge in [-0.15, -0.1) is 6.42 Å². The number of ether oxygens (including phenoxy) is 6. The van der Waals surface area contributed by atoms with Crippen LogP contribution in [0.2, 0.25) is 0 Å². The van der Waals surface area contributed by atoms with Gasteiger partial charge in [-0.05, 0) is 7.05 Å². The van der Waals surface area contributed by atoms with Crippen LogP contribution >= 0.6 is 0 Å². The van der Waals surface area contributed by atoms with Crippen LogP contribution in [-0.4, -0.2) is 92.9 Å². The maximum Gasteiger partial charge on any atom is 0.107 e. The van der Waals surface area contributed by atoms with Crippen molar-refractivity contribution in [2.24, 2.45) is 0 Å². The molecule has 23 heavy (non-hydrogen) atoms. The van der Waals surface area contributed by atoms with Gasteiger partial charge >= 0.3 is 0 Å². The quantitative estimate of drug-likeness (QED) is 0.262. The molecule has 136 valence electrons. The van der Waals surface area contributed by atoms with Crippen molar-refractivity contribution in [1.82, 2.24) is 5.32 Å². The van der Waals surface area contributed by atoms with Crippen molar-refractivity contribution < 1.29 is 28.4 Å². The second kappa shape index (κ2) is 21.3. The maximum absolute atomic E-state index is 5.37. The standard InChI is InChI=1S/C16H31NO6/c1-3-5-18-7-9-20-11-13-22-15-16-23-14-12-21-10-8-19-6-4-17-2/h1,17H,4-16H2,2H3. The van der Waals surface area contributed by atoms with Crippen LogP contribution in [0.1, 0.15) is 0 Å². The van der Waals surface area contributed by atoms with Crippen molar-refractivity contribution in [3.63, 3.8) is 0 Å². The van der Waals surface area contributed by atoms with E-state index in [0.717, 1.165) is 6.54 Å². The van der Waals surface area contributed by atoms with Crippen LogP contribution in [0.5, 0.6) is 0 Å². The van der Waals surface area contributed by atoms with E-state index < -0.39 is 0 Å². The predicted molar refractivity (Wildman–Crippen MR) is 87.7 cm³/mol. The SMILES string of the molecule is C#CCOCCOCCOCCOCCOCCOCCNC. The van der Waals surface area contributed by atoms with E-state index in [1.807, 2.05) is 7.05 Å². The molecule has 0 amide bonds. The average Bonchev–Trinajstić information content (AvgIpc) is 2.57. The van der Waals surface area contributed by atoms with Gasteiger partial charge in [0.2, 0.25) is 0 Å². The van der Waals surface area contributed by atoms with Crippen molar-refractivity contribution >= 4 is 0 Å². The fourth-order valence-electron chi connectivity index (χ4n) is 1.40. The molecule has 0 aromatic carbocycles. The highest BCUT2D eigenvalue weighted by Gasteiger charge is 1.93. The number of rotatable bonds is 19. The molecule has 7 heteroatoms. The molecule has 0 atom stereocenters. The summed E-state index contributed by atoms with van der Waals surface area (Å²) in [6, 6.07) is 0. The van der Waals surface area contributed by atoms with Crippen molar-refractivity contribution in [3.8, 4) is 12.3 Å². The van der Waals surface area contributed by atoms with Gasteiger partial charge in [0.15, 0.2) is 0 Å². The Bertz CT molecular complexity index is 259. The average molecular weight is 333 g/mol. The Labute approximate surface area is 139 Å². The van der Waals surface area contributed by atoms with Gasteiger partial charge in [-0.3, -0.25) is 0 Å². The Kier molecular flexibility index (Phi) is 20.6. The van der Waals surface area contributed by atoms with E-state index >= 15 is 0 Å². The third kappa shape index (κ3) is 21.3. The van der Waals surface area contributed by atoms with Crippen LogP contribution in [0.25, 0.3) is 0 Å². The molecule has 0 aliphatic rings. The molecule has 0 rings (SSSR count). The van der Waals surface area contributed by atoms with Crippen molar-refractivity contribution in [1.29, 1.82) is 0 Å². The van der Waals surface area contributed by atoms with Gasteiger partial charge in [-0.1, -0.05) is 5.92 Å². The number of hydrogen-bond donors (Lipinski definition) is 1. The van der Waals surface area contributed by atoms with Gasteiger partial charge < -0.3 is 33.7 Å². The highest BCUT2D eigenvalue weighted by molar-refractivity contribution is 4.82. The van der Waals surface area contributed by atoms with E-state index in [1.165, 1.54) is 0 Å². The van der Waals surface area contributed by atoms with Gasteiger partial charge in [0.25, 0.3) is 0 Å². The lowest BCUT2D eigenvalue weighted by Gasteiger charge is -2.08. The first-order valence-electron chi connectivity index (χ1n) is 7.96. The molecule has 0 fully saturated rings. The molecular formula is C16H31NO6. The summed E-state index contributed by atoms with van der Waals surface area (Å²) in [5.74, 6) is 2.39. The summed E-state index contributed by atoms with van der Waals surface area (Å²) in [4.78, 5) is 0. The van der Waals surface area contributed by atoms with Crippen molar-refractivity contribution in [2.75, 3.05) is 92.9 Å². The van der Waals surface area contributed by atoms with Crippen LogP contribution < -0.4 is 5.32 Å². The van der Waals surface area contributed by atoms with Gasteiger partial charge in [0, 0.05) is 6.54 Å². The highest BCUT2D eigenvalue weighted by atomic mass is 16.6. The largest absolute Gasteiger partial charge is 0.378 e. The third-order valence-electron chi connectivity index (χ3n) is 2.54. The summed E-state index contributed by atoms with van der Waals surface area (Å²) >= 11 is 0. The van der Waals surface area contributed by atoms with Crippen LogP contribution in [0, 0.1) is 12.3 Å². The molecule has 0 aromatic rings. The Hall–Kier alpha value is -0.720. The molecule has 0 bridgehead atoms. The Morgan fingerprint density at radius 3 is 1.30 bits per heavy atom. The van der Waals surface area contributed by atoms with E-state index in [4.69, 9.17) is 34.8 Å². The Balaban J connectivity index is 2.94. The zero-order valence-corrected chi connectivity index (χ0v) is 14.2. The lowest BCUT2D eigenvalue weighted by Crippen LogP contribution is -2.17. The van der Waals surface area contributed by atoms with Crippen molar-refractivity contribution in [3.05, 3.63) is 0 Å². The summed E-state index contributed by atoms with van der Waals surface area (Å²) in [5, 5.41) is 3.01. The Morgan fingerprint density at radius 2 is 0.957 bits per heavy atom. The first-order valence-corrected chi connectivity index (χ1v) is 7.96. The minimum absolute atomic E-state index is 0.324. The minimum atomic E-state index is 0.324. The number of terminal acetylenes is 1. The van der Waals surface area contributed by atoms with Crippen LogP contribution in [-0.2, 0) is 28.4 Å². The molecule has 0 aromatic heterocycles. The van der Waals surface area contributed by atoms with Gasteiger partial charge in [0.05, 0.1) is 72.7 Å². The lowest BCUT2D eigenvalue weighted by atomic mass is 10.6. The molecule has 0 aliphatic heterocycles. The van der Waals surface area contributed by atoms with Crippen LogP contribution in [0.3, 0.4) is 0 Å². The molecule has 1 N–H and O–H groups in total. The third-order valence-corrected chi connectivity index (χ3v) is 2.54. The number of nitrogens with one attached hydrogen (secondary N) is 1. The maximum atomic E-state index is 5.37. The summed E-state index contributed by atoms with van der Waals surface area (Å²) in [5.41, 5.74) is 0. The van der Waals surface area contributed by atoms with Crippen LogP contribution in [0.4, 0.5) is 0 Å². The highest BCUT2D eigenvalue weighted by Crippen LogP contribution is 1.84. The molecule has 0 saturated heterocycles. The number of hydrogen-bond acceptors (Lipinski definition) is 7. The second-order valence-electron chi connectivity index (χ2n) is 4.42. The second-order valence-corrected chi connectivity index (χ2v) is 4.42. The van der Waals surface area contributed by atoms with Crippen LogP contribution in [0.15, 0.2) is 0 Å². The first-order chi connectivity index (χ1) is 11.4. The zero-order valence-electron chi connectivity index (χ0n) is 14.2.